The largest absolute Gasteiger partial charge is 0.378 e. The average molecular weight is 491 g/mol. The minimum absolute atomic E-state index is 0. The second-order valence-electron chi connectivity index (χ2n) is 6.37. The van der Waals surface area contributed by atoms with E-state index in [2.05, 4.69) is 33.3 Å². The quantitative estimate of drug-likeness (QED) is 0.378. The van der Waals surface area contributed by atoms with Crippen LogP contribution in [0.25, 0.3) is 10.9 Å². The maximum Gasteiger partial charge on any atom is 0.193 e. The minimum atomic E-state index is 0. The molecular weight excluding hydrogens is 463 g/mol. The van der Waals surface area contributed by atoms with Crippen LogP contribution in [0.4, 0.5) is 0 Å². The maximum absolute atomic E-state index is 6.12. The van der Waals surface area contributed by atoms with Crippen molar-refractivity contribution in [2.24, 2.45) is 4.99 Å². The number of halogens is 2. The van der Waals surface area contributed by atoms with E-state index in [1.54, 1.807) is 0 Å². The van der Waals surface area contributed by atoms with Crippen molar-refractivity contribution in [2.45, 2.75) is 32.3 Å². The van der Waals surface area contributed by atoms with E-state index in [1.807, 2.05) is 25.2 Å². The molecule has 1 aliphatic rings. The van der Waals surface area contributed by atoms with Crippen molar-refractivity contribution in [2.75, 3.05) is 33.3 Å². The van der Waals surface area contributed by atoms with E-state index >= 15 is 0 Å². The van der Waals surface area contributed by atoms with Gasteiger partial charge in [0.2, 0.25) is 0 Å². The molecule has 0 radical (unpaired) electrons. The second-order valence-corrected chi connectivity index (χ2v) is 6.81. The zero-order valence-corrected chi connectivity index (χ0v) is 18.5. The molecule has 0 aliphatic carbocycles. The fraction of sp³-hybridized carbons (Fsp3) is 0.526. The normalized spacial score (nSPS) is 16.0. The van der Waals surface area contributed by atoms with Crippen LogP contribution in [-0.4, -0.2) is 55.2 Å². The number of aromatic nitrogens is 1. The number of fused-ring (bicyclic) bond motifs is 1. The second kappa shape index (κ2) is 10.4. The lowest BCUT2D eigenvalue weighted by atomic mass is 10.1. The van der Waals surface area contributed by atoms with Crippen LogP contribution in [0.5, 0.6) is 0 Å². The number of benzene rings is 1. The van der Waals surface area contributed by atoms with Crippen molar-refractivity contribution >= 4 is 52.4 Å². The summed E-state index contributed by atoms with van der Waals surface area (Å²) >= 11 is 6.12. The third kappa shape index (κ3) is 5.27. The van der Waals surface area contributed by atoms with Crippen molar-refractivity contribution in [1.29, 1.82) is 0 Å². The number of nitrogens with one attached hydrogen (secondary N) is 2. The fourth-order valence-corrected chi connectivity index (χ4v) is 3.64. The average Bonchev–Trinajstić information content (AvgIpc) is 3.02. The van der Waals surface area contributed by atoms with E-state index < -0.39 is 0 Å². The van der Waals surface area contributed by atoms with Crippen LogP contribution < -0.4 is 5.32 Å². The number of aromatic amines is 1. The summed E-state index contributed by atoms with van der Waals surface area (Å²) in [5.74, 6) is 0.979. The number of rotatable bonds is 5. The first-order chi connectivity index (χ1) is 12.2. The summed E-state index contributed by atoms with van der Waals surface area (Å²) in [6, 6.07) is 5.96. The highest BCUT2D eigenvalue weighted by Crippen LogP contribution is 2.22. The third-order valence-corrected chi connectivity index (χ3v) is 5.00. The van der Waals surface area contributed by atoms with Crippen LogP contribution in [-0.2, 0) is 11.2 Å². The van der Waals surface area contributed by atoms with Gasteiger partial charge in [0.15, 0.2) is 5.96 Å². The minimum Gasteiger partial charge on any atom is -0.378 e. The number of aliphatic imine (C=N–C) groups is 1. The predicted octanol–water partition coefficient (Wildman–Crippen LogP) is 4.06. The predicted molar refractivity (Wildman–Crippen MR) is 120 cm³/mol. The molecule has 0 atom stereocenters. The number of guanidine groups is 1. The molecule has 0 bridgehead atoms. The number of likely N-dealkylation sites (tertiary alicyclic amines) is 1. The molecule has 2 N–H and O–H groups in total. The van der Waals surface area contributed by atoms with Gasteiger partial charge in [-0.2, -0.15) is 0 Å². The van der Waals surface area contributed by atoms with Gasteiger partial charge in [0.25, 0.3) is 0 Å². The van der Waals surface area contributed by atoms with Crippen molar-refractivity contribution in [3.63, 3.8) is 0 Å². The molecule has 3 rings (SSSR count). The monoisotopic (exact) mass is 490 g/mol. The van der Waals surface area contributed by atoms with E-state index in [-0.39, 0.29) is 24.0 Å². The molecule has 1 saturated heterocycles. The molecule has 1 aliphatic heterocycles. The summed E-state index contributed by atoms with van der Waals surface area (Å²) in [5, 5.41) is 5.46. The first-order valence-electron chi connectivity index (χ1n) is 9.04. The van der Waals surface area contributed by atoms with E-state index in [0.29, 0.717) is 6.10 Å². The van der Waals surface area contributed by atoms with Gasteiger partial charge in [-0.15, -0.1) is 24.0 Å². The van der Waals surface area contributed by atoms with Gasteiger partial charge in [0.05, 0.1) is 6.10 Å². The third-order valence-electron chi connectivity index (χ3n) is 4.76. The molecule has 26 heavy (non-hydrogen) atoms. The van der Waals surface area contributed by atoms with Crippen molar-refractivity contribution in [1.82, 2.24) is 15.2 Å². The zero-order chi connectivity index (χ0) is 17.6. The molecule has 2 aromatic rings. The van der Waals surface area contributed by atoms with Crippen LogP contribution in [0, 0.1) is 0 Å². The van der Waals surface area contributed by atoms with Crippen LogP contribution in [0.3, 0.4) is 0 Å². The van der Waals surface area contributed by atoms with Crippen molar-refractivity contribution < 1.29 is 4.74 Å². The maximum atomic E-state index is 6.12. The summed E-state index contributed by atoms with van der Waals surface area (Å²) in [4.78, 5) is 10.1. The first kappa shape index (κ1) is 21.3. The summed E-state index contributed by atoms with van der Waals surface area (Å²) < 4.78 is 5.72. The van der Waals surface area contributed by atoms with E-state index in [1.165, 1.54) is 10.9 Å². The Morgan fingerprint density at radius 2 is 2.15 bits per heavy atom. The van der Waals surface area contributed by atoms with Gasteiger partial charge >= 0.3 is 0 Å². The Morgan fingerprint density at radius 3 is 2.85 bits per heavy atom. The Balaban J connectivity index is 0.00000243. The molecule has 5 nitrogen and oxygen atoms in total. The number of nitrogens with zero attached hydrogens (tertiary/aromatic N) is 2. The topological polar surface area (TPSA) is 52.6 Å². The lowest BCUT2D eigenvalue weighted by Gasteiger charge is -2.34. The van der Waals surface area contributed by atoms with Crippen molar-refractivity contribution in [3.05, 3.63) is 35.0 Å². The molecule has 0 unspecified atom stereocenters. The van der Waals surface area contributed by atoms with Crippen molar-refractivity contribution in [3.8, 4) is 0 Å². The Bertz CT molecular complexity index is 725. The fourth-order valence-electron chi connectivity index (χ4n) is 3.47. The zero-order valence-electron chi connectivity index (χ0n) is 15.4. The molecular formula is C19H28ClIN4O. The van der Waals surface area contributed by atoms with E-state index in [0.717, 1.165) is 62.0 Å². The van der Waals surface area contributed by atoms with Crippen LogP contribution in [0.15, 0.2) is 29.4 Å². The Morgan fingerprint density at radius 1 is 1.38 bits per heavy atom. The molecule has 0 amide bonds. The first-order valence-corrected chi connectivity index (χ1v) is 9.41. The van der Waals surface area contributed by atoms with E-state index in [9.17, 15) is 0 Å². The molecule has 2 heterocycles. The van der Waals surface area contributed by atoms with Gasteiger partial charge in [-0.25, -0.2) is 0 Å². The highest BCUT2D eigenvalue weighted by molar-refractivity contribution is 14.0. The number of hydrogen-bond donors (Lipinski definition) is 2. The van der Waals surface area contributed by atoms with Crippen LogP contribution >= 0.6 is 35.6 Å². The number of ether oxygens (including phenoxy) is 1. The highest BCUT2D eigenvalue weighted by Gasteiger charge is 2.21. The molecule has 1 fully saturated rings. The van der Waals surface area contributed by atoms with Gasteiger partial charge in [-0.05, 0) is 49.9 Å². The molecule has 1 aromatic carbocycles. The van der Waals surface area contributed by atoms with E-state index in [4.69, 9.17) is 16.3 Å². The molecule has 0 saturated carbocycles. The Hall–Kier alpha value is -0.990. The SMILES string of the molecule is CCOC1CCN(C(=NC)NCCc2c[nH]c3ccc(Cl)cc23)CC1.I. The molecule has 7 heteroatoms. The lowest BCUT2D eigenvalue weighted by molar-refractivity contribution is 0.0264. The number of piperidine rings is 1. The summed E-state index contributed by atoms with van der Waals surface area (Å²) in [6.07, 6.45) is 5.52. The standard InChI is InChI=1S/C19H27ClN4O.HI/c1-3-25-16-7-10-24(11-8-16)19(21-2)22-9-6-14-13-23-18-5-4-15(20)12-17(14)18;/h4-5,12-13,16,23H,3,6-11H2,1-2H3,(H,21,22);1H. The van der Waals surface area contributed by atoms with Gasteiger partial charge in [-0.1, -0.05) is 11.6 Å². The summed E-state index contributed by atoms with van der Waals surface area (Å²) in [7, 11) is 1.85. The van der Waals surface area contributed by atoms with Gasteiger partial charge < -0.3 is 19.9 Å². The number of hydrogen-bond acceptors (Lipinski definition) is 2. The van der Waals surface area contributed by atoms with Crippen LogP contribution in [0.1, 0.15) is 25.3 Å². The summed E-state index contributed by atoms with van der Waals surface area (Å²) in [6.45, 7) is 5.69. The molecule has 144 valence electrons. The summed E-state index contributed by atoms with van der Waals surface area (Å²) in [5.41, 5.74) is 2.40. The van der Waals surface area contributed by atoms with Crippen LogP contribution in [0.2, 0.25) is 5.02 Å². The van der Waals surface area contributed by atoms with Gasteiger partial charge in [0.1, 0.15) is 0 Å². The van der Waals surface area contributed by atoms with Gasteiger partial charge in [-0.3, -0.25) is 4.99 Å². The van der Waals surface area contributed by atoms with Gasteiger partial charge in [0, 0.05) is 55.4 Å². The highest BCUT2D eigenvalue weighted by atomic mass is 127. The molecule has 0 spiro atoms. The lowest BCUT2D eigenvalue weighted by Crippen LogP contribution is -2.47. The molecule has 1 aromatic heterocycles. The smallest absolute Gasteiger partial charge is 0.193 e. The Labute approximate surface area is 177 Å². The Kier molecular flexibility index (Phi) is 8.50. The number of H-pyrrole nitrogens is 1.